The van der Waals surface area contributed by atoms with Gasteiger partial charge in [-0.15, -0.1) is 0 Å². The van der Waals surface area contributed by atoms with Crippen molar-refractivity contribution in [1.29, 1.82) is 0 Å². The predicted octanol–water partition coefficient (Wildman–Crippen LogP) is 1.95. The average Bonchev–Trinajstić information content (AvgIpc) is 2.94. The molecule has 1 aromatic carbocycles. The summed E-state index contributed by atoms with van der Waals surface area (Å²) >= 11 is 1.93. The number of aromatic nitrogens is 3. The van der Waals surface area contributed by atoms with Gasteiger partial charge in [-0.05, 0) is 43.3 Å². The zero-order chi connectivity index (χ0) is 18.5. The van der Waals surface area contributed by atoms with Gasteiger partial charge >= 0.3 is 5.69 Å². The molecule has 0 aliphatic carbocycles. The second-order valence-electron chi connectivity index (χ2n) is 6.72. The molecule has 1 fully saturated rings. The second kappa shape index (κ2) is 8.58. The van der Waals surface area contributed by atoms with E-state index in [4.69, 9.17) is 0 Å². The minimum atomic E-state index is -0.209. The Balaban J connectivity index is 1.65. The third-order valence-corrected chi connectivity index (χ3v) is 6.04. The molecule has 140 valence electrons. The molecule has 3 rings (SSSR count). The van der Waals surface area contributed by atoms with Crippen LogP contribution in [0.2, 0.25) is 0 Å². The molecule has 2 heterocycles. The fraction of sp³-hybridized carbons (Fsp3) is 0.526. The van der Waals surface area contributed by atoms with Gasteiger partial charge < -0.3 is 4.90 Å². The number of amides is 1. The van der Waals surface area contributed by atoms with Crippen LogP contribution in [0.4, 0.5) is 0 Å². The number of carbonyl (C=O) groups is 1. The van der Waals surface area contributed by atoms with E-state index in [-0.39, 0.29) is 24.2 Å². The van der Waals surface area contributed by atoms with Gasteiger partial charge in [0.25, 0.3) is 0 Å². The fourth-order valence-corrected chi connectivity index (χ4v) is 4.39. The number of likely N-dealkylation sites (N-methyl/N-ethyl adjacent to an activating group) is 1. The van der Waals surface area contributed by atoms with Crippen molar-refractivity contribution in [3.05, 3.63) is 52.2 Å². The molecule has 0 spiro atoms. The van der Waals surface area contributed by atoms with E-state index in [0.717, 1.165) is 30.8 Å². The Bertz CT molecular complexity index is 794. The minimum absolute atomic E-state index is 0.0121. The molecule has 6 nitrogen and oxygen atoms in total. The van der Waals surface area contributed by atoms with Gasteiger partial charge in [-0.3, -0.25) is 9.36 Å². The van der Waals surface area contributed by atoms with Gasteiger partial charge in [0.05, 0.1) is 0 Å². The van der Waals surface area contributed by atoms with E-state index >= 15 is 0 Å². The van der Waals surface area contributed by atoms with Crippen molar-refractivity contribution in [1.82, 2.24) is 19.2 Å². The van der Waals surface area contributed by atoms with Crippen LogP contribution in [0.5, 0.6) is 0 Å². The first-order valence-electron chi connectivity index (χ1n) is 9.08. The molecule has 26 heavy (non-hydrogen) atoms. The van der Waals surface area contributed by atoms with Crippen molar-refractivity contribution in [2.75, 3.05) is 18.6 Å². The van der Waals surface area contributed by atoms with Crippen LogP contribution in [-0.4, -0.2) is 49.7 Å². The molecular weight excluding hydrogens is 348 g/mol. The fourth-order valence-electron chi connectivity index (χ4n) is 3.31. The van der Waals surface area contributed by atoms with E-state index in [9.17, 15) is 9.59 Å². The molecule has 1 aromatic heterocycles. The largest absolute Gasteiger partial charge is 0.346 e. The maximum Gasteiger partial charge on any atom is 0.346 e. The monoisotopic (exact) mass is 374 g/mol. The predicted molar refractivity (Wildman–Crippen MR) is 104 cm³/mol. The number of carbonyl (C=O) groups excluding carboxylic acids is 1. The Hall–Kier alpha value is -2.02. The van der Waals surface area contributed by atoms with Gasteiger partial charge in [0.2, 0.25) is 5.91 Å². The summed E-state index contributed by atoms with van der Waals surface area (Å²) < 4.78 is 2.95. The summed E-state index contributed by atoms with van der Waals surface area (Å²) in [7, 11) is 1.84. The summed E-state index contributed by atoms with van der Waals surface area (Å²) in [5.74, 6) is 2.79. The maximum absolute atomic E-state index is 12.6. The Labute approximate surface area is 158 Å². The second-order valence-corrected chi connectivity index (χ2v) is 7.95. The number of thioether (sulfide) groups is 1. The number of benzene rings is 1. The Kier molecular flexibility index (Phi) is 6.19. The summed E-state index contributed by atoms with van der Waals surface area (Å²) in [6, 6.07) is 10.3. The van der Waals surface area contributed by atoms with Crippen LogP contribution in [0.15, 0.2) is 35.1 Å². The van der Waals surface area contributed by atoms with Crippen LogP contribution in [0.1, 0.15) is 24.2 Å². The van der Waals surface area contributed by atoms with Gasteiger partial charge in [0.15, 0.2) is 0 Å². The molecule has 1 aliphatic heterocycles. The molecule has 1 amide bonds. The van der Waals surface area contributed by atoms with Gasteiger partial charge in [-0.25, -0.2) is 9.48 Å². The summed E-state index contributed by atoms with van der Waals surface area (Å²) in [4.78, 5) is 27.0. The van der Waals surface area contributed by atoms with Crippen molar-refractivity contribution in [3.63, 3.8) is 0 Å². The van der Waals surface area contributed by atoms with E-state index < -0.39 is 0 Å². The third-order valence-electron chi connectivity index (χ3n) is 4.99. The standard InChI is InChI=1S/C19H26N4O2S/c1-15-20-23(14-18(24)21(2)17-9-12-26-13-10-17)19(25)22(15)11-8-16-6-4-3-5-7-16/h3-7,17H,8-14H2,1-2H3. The molecule has 0 unspecified atom stereocenters. The first-order chi connectivity index (χ1) is 12.6. The molecule has 0 N–H and O–H groups in total. The van der Waals surface area contributed by atoms with E-state index in [1.807, 2.05) is 56.1 Å². The Morgan fingerprint density at radius 1 is 1.27 bits per heavy atom. The molecular formula is C19H26N4O2S. The highest BCUT2D eigenvalue weighted by molar-refractivity contribution is 7.99. The lowest BCUT2D eigenvalue weighted by Gasteiger charge is -2.30. The summed E-state index contributed by atoms with van der Waals surface area (Å²) in [6.07, 6.45) is 2.81. The van der Waals surface area contributed by atoms with Crippen molar-refractivity contribution in [3.8, 4) is 0 Å². The first-order valence-corrected chi connectivity index (χ1v) is 10.2. The average molecular weight is 375 g/mol. The molecule has 0 atom stereocenters. The third kappa shape index (κ3) is 4.38. The number of hydrogen-bond donors (Lipinski definition) is 0. The molecule has 0 saturated carbocycles. The van der Waals surface area contributed by atoms with Crippen molar-refractivity contribution >= 4 is 17.7 Å². The SMILES string of the molecule is Cc1nn(CC(=O)N(C)C2CCSCC2)c(=O)n1CCc1ccccc1. The number of hydrogen-bond acceptors (Lipinski definition) is 4. The van der Waals surface area contributed by atoms with Gasteiger partial charge in [-0.2, -0.15) is 16.9 Å². The van der Waals surface area contributed by atoms with Crippen LogP contribution in [0, 0.1) is 6.92 Å². The number of rotatable bonds is 6. The van der Waals surface area contributed by atoms with Crippen LogP contribution >= 0.6 is 11.8 Å². The lowest BCUT2D eigenvalue weighted by Crippen LogP contribution is -2.42. The maximum atomic E-state index is 12.6. The lowest BCUT2D eigenvalue weighted by atomic mass is 10.1. The van der Waals surface area contributed by atoms with Crippen molar-refractivity contribution < 1.29 is 4.79 Å². The highest BCUT2D eigenvalue weighted by atomic mass is 32.2. The molecule has 1 saturated heterocycles. The van der Waals surface area contributed by atoms with E-state index in [1.165, 1.54) is 10.2 Å². The van der Waals surface area contributed by atoms with Crippen molar-refractivity contribution in [2.45, 2.75) is 45.3 Å². The van der Waals surface area contributed by atoms with Crippen LogP contribution in [-0.2, 0) is 24.3 Å². The number of nitrogens with zero attached hydrogens (tertiary/aromatic N) is 4. The summed E-state index contributed by atoms with van der Waals surface area (Å²) in [5, 5.41) is 4.31. The minimum Gasteiger partial charge on any atom is -0.341 e. The molecule has 2 aromatic rings. The topological polar surface area (TPSA) is 60.1 Å². The molecule has 0 radical (unpaired) electrons. The molecule has 1 aliphatic rings. The highest BCUT2D eigenvalue weighted by Crippen LogP contribution is 2.20. The highest BCUT2D eigenvalue weighted by Gasteiger charge is 2.23. The zero-order valence-corrected chi connectivity index (χ0v) is 16.2. The molecule has 0 bridgehead atoms. The van der Waals surface area contributed by atoms with Gasteiger partial charge in [0.1, 0.15) is 12.4 Å². The molecule has 7 heteroatoms. The van der Waals surface area contributed by atoms with Crippen LogP contribution in [0.25, 0.3) is 0 Å². The normalized spacial score (nSPS) is 15.2. The lowest BCUT2D eigenvalue weighted by molar-refractivity contribution is -0.133. The summed E-state index contributed by atoms with van der Waals surface area (Å²) in [6.45, 7) is 2.39. The van der Waals surface area contributed by atoms with Crippen LogP contribution < -0.4 is 5.69 Å². The zero-order valence-electron chi connectivity index (χ0n) is 15.4. The van der Waals surface area contributed by atoms with E-state index in [0.29, 0.717) is 12.4 Å². The van der Waals surface area contributed by atoms with Crippen molar-refractivity contribution in [2.24, 2.45) is 0 Å². The quantitative estimate of drug-likeness (QED) is 0.775. The smallest absolute Gasteiger partial charge is 0.341 e. The first kappa shape index (κ1) is 18.8. The van der Waals surface area contributed by atoms with E-state index in [1.54, 1.807) is 9.47 Å². The number of aryl methyl sites for hydroxylation is 2. The Morgan fingerprint density at radius 3 is 2.65 bits per heavy atom. The summed E-state index contributed by atoms with van der Waals surface area (Å²) in [5.41, 5.74) is 0.969. The van der Waals surface area contributed by atoms with Gasteiger partial charge in [-0.1, -0.05) is 30.3 Å². The van der Waals surface area contributed by atoms with Crippen LogP contribution in [0.3, 0.4) is 0 Å². The van der Waals surface area contributed by atoms with Gasteiger partial charge in [0, 0.05) is 19.6 Å². The van der Waals surface area contributed by atoms with E-state index in [2.05, 4.69) is 5.10 Å². The Morgan fingerprint density at radius 2 is 1.96 bits per heavy atom.